The summed E-state index contributed by atoms with van der Waals surface area (Å²) in [6.45, 7) is 1.76. The van der Waals surface area contributed by atoms with Gasteiger partial charge in [-0.1, -0.05) is 6.92 Å². The molecule has 1 aromatic heterocycles. The van der Waals surface area contributed by atoms with Gasteiger partial charge >= 0.3 is 0 Å². The van der Waals surface area contributed by atoms with Crippen molar-refractivity contribution in [3.63, 3.8) is 0 Å². The fraction of sp³-hybridized carbons (Fsp3) is 0.357. The summed E-state index contributed by atoms with van der Waals surface area (Å²) in [5.41, 5.74) is 1.43. The van der Waals surface area contributed by atoms with Gasteiger partial charge in [0.05, 0.1) is 24.0 Å². The summed E-state index contributed by atoms with van der Waals surface area (Å²) in [5, 5.41) is 23.3. The number of fused-ring (bicyclic) bond motifs is 1. The molecule has 0 aliphatic rings. The quantitative estimate of drug-likeness (QED) is 0.553. The van der Waals surface area contributed by atoms with Crippen LogP contribution in [-0.2, 0) is 11.2 Å². The molecule has 112 valence electrons. The molecule has 0 saturated heterocycles. The first kappa shape index (κ1) is 15.0. The number of nitrogens with one attached hydrogen (secondary N) is 2. The van der Waals surface area contributed by atoms with Gasteiger partial charge in [0.25, 0.3) is 5.69 Å². The predicted octanol–water partition coefficient (Wildman–Crippen LogP) is 1.51. The van der Waals surface area contributed by atoms with E-state index in [1.807, 2.05) is 6.92 Å². The molecule has 0 unspecified atom stereocenters. The van der Waals surface area contributed by atoms with Gasteiger partial charge in [0.1, 0.15) is 0 Å². The first-order chi connectivity index (χ1) is 10.0. The molecule has 7 nitrogen and oxygen atoms in total. The zero-order valence-electron chi connectivity index (χ0n) is 11.6. The molecule has 2 rings (SSSR count). The molecule has 1 amide bonds. The fourth-order valence-corrected chi connectivity index (χ4v) is 2.15. The first-order valence-electron chi connectivity index (χ1n) is 6.69. The number of hydrogen-bond acceptors (Lipinski definition) is 4. The maximum atomic E-state index is 11.9. The van der Waals surface area contributed by atoms with Gasteiger partial charge in [-0.05, 0) is 18.1 Å². The average molecular weight is 291 g/mol. The number of aromatic amines is 1. The lowest BCUT2D eigenvalue weighted by Gasteiger charge is -2.13. The van der Waals surface area contributed by atoms with Gasteiger partial charge in [-0.25, -0.2) is 0 Å². The highest BCUT2D eigenvalue weighted by Gasteiger charge is 2.14. The lowest BCUT2D eigenvalue weighted by atomic mass is 10.1. The molecular formula is C14H17N3O4. The number of benzene rings is 1. The van der Waals surface area contributed by atoms with Gasteiger partial charge in [-0.2, -0.15) is 0 Å². The maximum Gasteiger partial charge on any atom is 0.270 e. The van der Waals surface area contributed by atoms with E-state index < -0.39 is 4.92 Å². The molecule has 0 spiro atoms. The van der Waals surface area contributed by atoms with Gasteiger partial charge in [0.2, 0.25) is 5.91 Å². The Morgan fingerprint density at radius 3 is 2.90 bits per heavy atom. The molecule has 1 atom stereocenters. The fourth-order valence-electron chi connectivity index (χ4n) is 2.15. The number of carbonyl (C=O) groups excluding carboxylic acids is 1. The number of aromatic nitrogens is 1. The molecule has 1 heterocycles. The van der Waals surface area contributed by atoms with Crippen molar-refractivity contribution >= 4 is 22.5 Å². The lowest BCUT2D eigenvalue weighted by molar-refractivity contribution is -0.384. The van der Waals surface area contributed by atoms with E-state index in [-0.39, 0.29) is 30.7 Å². The Labute approximate surface area is 121 Å². The van der Waals surface area contributed by atoms with E-state index >= 15 is 0 Å². The molecule has 0 bridgehead atoms. The van der Waals surface area contributed by atoms with E-state index in [1.165, 1.54) is 12.1 Å². The van der Waals surface area contributed by atoms with Crippen molar-refractivity contribution in [2.24, 2.45) is 0 Å². The number of nitro benzene ring substituents is 1. The Balaban J connectivity index is 2.20. The summed E-state index contributed by atoms with van der Waals surface area (Å²) in [5.74, 6) is -0.219. The number of nitro groups is 1. The highest BCUT2D eigenvalue weighted by Crippen LogP contribution is 2.24. The van der Waals surface area contributed by atoms with Gasteiger partial charge in [-0.3, -0.25) is 14.9 Å². The van der Waals surface area contributed by atoms with Crippen molar-refractivity contribution in [2.45, 2.75) is 25.8 Å². The number of amides is 1. The van der Waals surface area contributed by atoms with Crippen molar-refractivity contribution in [2.75, 3.05) is 6.61 Å². The predicted molar refractivity (Wildman–Crippen MR) is 78.0 cm³/mol. The third kappa shape index (κ3) is 3.38. The van der Waals surface area contributed by atoms with Gasteiger partial charge in [-0.15, -0.1) is 0 Å². The minimum absolute atomic E-state index is 0.00875. The van der Waals surface area contributed by atoms with Crippen molar-refractivity contribution < 1.29 is 14.8 Å². The van der Waals surface area contributed by atoms with Crippen LogP contribution in [0, 0.1) is 10.1 Å². The Hall–Kier alpha value is -2.41. The van der Waals surface area contributed by atoms with Crippen LogP contribution in [0.2, 0.25) is 0 Å². The van der Waals surface area contributed by atoms with Crippen molar-refractivity contribution in [1.82, 2.24) is 10.3 Å². The summed E-state index contributed by atoms with van der Waals surface area (Å²) in [4.78, 5) is 25.3. The largest absolute Gasteiger partial charge is 0.394 e. The number of H-pyrrole nitrogens is 1. The Morgan fingerprint density at radius 1 is 1.52 bits per heavy atom. The number of nitrogens with zero attached hydrogens (tertiary/aromatic N) is 1. The molecule has 3 N–H and O–H groups in total. The van der Waals surface area contributed by atoms with Crippen LogP contribution in [0.3, 0.4) is 0 Å². The molecule has 7 heteroatoms. The van der Waals surface area contributed by atoms with Crippen LogP contribution in [0.15, 0.2) is 24.4 Å². The Morgan fingerprint density at radius 2 is 2.29 bits per heavy atom. The third-order valence-electron chi connectivity index (χ3n) is 3.39. The second kappa shape index (κ2) is 6.36. The van der Waals surface area contributed by atoms with Crippen molar-refractivity contribution in [3.8, 4) is 0 Å². The van der Waals surface area contributed by atoms with Crippen LogP contribution in [0.4, 0.5) is 5.69 Å². The maximum absolute atomic E-state index is 11.9. The zero-order chi connectivity index (χ0) is 15.4. The van der Waals surface area contributed by atoms with E-state index in [4.69, 9.17) is 5.11 Å². The lowest BCUT2D eigenvalue weighted by Crippen LogP contribution is -2.37. The number of aliphatic hydroxyl groups excluding tert-OH is 1. The SMILES string of the molecule is CC[C@H](CO)NC(=O)Cc1c[nH]c2ccc([N+](=O)[O-])cc12. The second-order valence-electron chi connectivity index (χ2n) is 4.83. The minimum Gasteiger partial charge on any atom is -0.394 e. The van der Waals surface area contributed by atoms with Crippen LogP contribution in [0.25, 0.3) is 10.9 Å². The van der Waals surface area contributed by atoms with Crippen molar-refractivity contribution in [3.05, 3.63) is 40.1 Å². The average Bonchev–Trinajstić information content (AvgIpc) is 2.87. The number of carbonyl (C=O) groups is 1. The second-order valence-corrected chi connectivity index (χ2v) is 4.83. The Kier molecular flexibility index (Phi) is 4.54. The number of hydrogen-bond donors (Lipinski definition) is 3. The molecular weight excluding hydrogens is 274 g/mol. The summed E-state index contributed by atoms with van der Waals surface area (Å²) in [6.07, 6.45) is 2.42. The molecule has 0 aliphatic carbocycles. The third-order valence-corrected chi connectivity index (χ3v) is 3.39. The highest BCUT2D eigenvalue weighted by atomic mass is 16.6. The Bertz CT molecular complexity index is 661. The number of non-ortho nitro benzene ring substituents is 1. The zero-order valence-corrected chi connectivity index (χ0v) is 11.6. The monoisotopic (exact) mass is 291 g/mol. The summed E-state index contributed by atoms with van der Waals surface area (Å²) in [7, 11) is 0. The van der Waals surface area contributed by atoms with E-state index in [0.717, 1.165) is 5.52 Å². The minimum atomic E-state index is -0.463. The first-order valence-corrected chi connectivity index (χ1v) is 6.69. The summed E-state index contributed by atoms with van der Waals surface area (Å²) >= 11 is 0. The normalized spacial score (nSPS) is 12.3. The van der Waals surface area contributed by atoms with E-state index in [2.05, 4.69) is 10.3 Å². The van der Waals surface area contributed by atoms with Gasteiger partial charge in [0.15, 0.2) is 0 Å². The van der Waals surface area contributed by atoms with Crippen LogP contribution in [0.1, 0.15) is 18.9 Å². The van der Waals surface area contributed by atoms with Crippen LogP contribution >= 0.6 is 0 Å². The molecule has 0 saturated carbocycles. The van der Waals surface area contributed by atoms with E-state index in [1.54, 1.807) is 12.3 Å². The topological polar surface area (TPSA) is 108 Å². The summed E-state index contributed by atoms with van der Waals surface area (Å²) in [6, 6.07) is 4.23. The van der Waals surface area contributed by atoms with Crippen LogP contribution in [-0.4, -0.2) is 33.6 Å². The molecule has 2 aromatic rings. The smallest absolute Gasteiger partial charge is 0.270 e. The molecule has 0 aliphatic heterocycles. The van der Waals surface area contributed by atoms with Crippen LogP contribution < -0.4 is 5.32 Å². The van der Waals surface area contributed by atoms with Crippen molar-refractivity contribution in [1.29, 1.82) is 0 Å². The number of rotatable bonds is 6. The molecule has 0 fully saturated rings. The summed E-state index contributed by atoms with van der Waals surface area (Å²) < 4.78 is 0. The van der Waals surface area contributed by atoms with Gasteiger partial charge in [0, 0.05) is 29.2 Å². The molecule has 21 heavy (non-hydrogen) atoms. The molecule has 1 aromatic carbocycles. The van der Waals surface area contributed by atoms with E-state index in [9.17, 15) is 14.9 Å². The van der Waals surface area contributed by atoms with Gasteiger partial charge < -0.3 is 15.4 Å². The number of aliphatic hydroxyl groups is 1. The standard InChI is InChI=1S/C14H17N3O4/c1-2-10(8-18)16-14(19)5-9-7-15-13-4-3-11(17(20)21)6-12(9)13/h3-4,6-7,10,15,18H,2,5,8H2,1H3,(H,16,19)/t10-/m1/s1. The van der Waals surface area contributed by atoms with E-state index in [0.29, 0.717) is 17.4 Å². The van der Waals surface area contributed by atoms with Crippen LogP contribution in [0.5, 0.6) is 0 Å². The molecule has 0 radical (unpaired) electrons. The highest BCUT2D eigenvalue weighted by molar-refractivity contribution is 5.90.